The van der Waals surface area contributed by atoms with E-state index in [1.165, 1.54) is 6.07 Å². The maximum atomic E-state index is 11.2. The minimum Gasteiger partial charge on any atom is -0.493 e. The van der Waals surface area contributed by atoms with Crippen molar-refractivity contribution in [3.8, 4) is 11.5 Å². The maximum absolute atomic E-state index is 11.2. The van der Waals surface area contributed by atoms with Crippen LogP contribution in [0.5, 0.6) is 11.5 Å². The Morgan fingerprint density at radius 3 is 2.21 bits per heavy atom. The number of benzene rings is 1. The van der Waals surface area contributed by atoms with E-state index in [4.69, 9.17) is 9.47 Å². The van der Waals surface area contributed by atoms with E-state index in [9.17, 15) is 9.90 Å². The Bertz CT molecular complexity index is 424. The summed E-state index contributed by atoms with van der Waals surface area (Å²) in [4.78, 5) is 11.2. The average molecular weight is 266 g/mol. The van der Waals surface area contributed by atoms with Crippen molar-refractivity contribution in [1.29, 1.82) is 0 Å². The van der Waals surface area contributed by atoms with E-state index < -0.39 is 5.97 Å². The number of hydrogen-bond acceptors (Lipinski definition) is 3. The zero-order valence-electron chi connectivity index (χ0n) is 12.0. The third kappa shape index (κ3) is 5.20. The summed E-state index contributed by atoms with van der Waals surface area (Å²) in [7, 11) is 0. The molecule has 0 aliphatic heterocycles. The van der Waals surface area contributed by atoms with Crippen LogP contribution in [0, 0.1) is 11.8 Å². The molecule has 0 radical (unpaired) electrons. The van der Waals surface area contributed by atoms with Gasteiger partial charge in [-0.25, -0.2) is 4.79 Å². The van der Waals surface area contributed by atoms with Gasteiger partial charge in [0.05, 0.1) is 13.2 Å². The lowest BCUT2D eigenvalue weighted by atomic mass is 10.2. The number of carbonyl (C=O) groups is 1. The van der Waals surface area contributed by atoms with Crippen LogP contribution < -0.4 is 9.47 Å². The molecule has 0 spiro atoms. The van der Waals surface area contributed by atoms with Crippen molar-refractivity contribution in [3.63, 3.8) is 0 Å². The second-order valence-electron chi connectivity index (χ2n) is 5.37. The summed E-state index contributed by atoms with van der Waals surface area (Å²) in [5.41, 5.74) is 0.141. The quantitative estimate of drug-likeness (QED) is 0.821. The summed E-state index contributed by atoms with van der Waals surface area (Å²) < 4.78 is 11.0. The Morgan fingerprint density at radius 1 is 1.11 bits per heavy atom. The molecule has 0 heterocycles. The van der Waals surface area contributed by atoms with Crippen molar-refractivity contribution in [3.05, 3.63) is 23.8 Å². The van der Waals surface area contributed by atoms with Crippen LogP contribution in [-0.2, 0) is 0 Å². The highest BCUT2D eigenvalue weighted by Crippen LogP contribution is 2.25. The van der Waals surface area contributed by atoms with Gasteiger partial charge in [0.1, 0.15) is 17.1 Å². The van der Waals surface area contributed by atoms with E-state index in [0.29, 0.717) is 36.5 Å². The topological polar surface area (TPSA) is 55.8 Å². The number of hydrogen-bond donors (Lipinski definition) is 1. The van der Waals surface area contributed by atoms with E-state index in [1.807, 2.05) is 27.7 Å². The fraction of sp³-hybridized carbons (Fsp3) is 0.533. The molecule has 1 aromatic rings. The van der Waals surface area contributed by atoms with Crippen LogP contribution in [0.4, 0.5) is 0 Å². The van der Waals surface area contributed by atoms with Gasteiger partial charge in [-0.15, -0.1) is 0 Å². The first-order valence-corrected chi connectivity index (χ1v) is 6.53. The molecule has 0 aliphatic rings. The zero-order chi connectivity index (χ0) is 14.4. The molecule has 0 saturated carbocycles. The number of rotatable bonds is 7. The molecule has 0 atom stereocenters. The normalized spacial score (nSPS) is 10.8. The minimum absolute atomic E-state index is 0.141. The first kappa shape index (κ1) is 15.3. The third-order valence-electron chi connectivity index (χ3n) is 2.34. The summed E-state index contributed by atoms with van der Waals surface area (Å²) >= 11 is 0. The standard InChI is InChI=1S/C15H22O4/c1-10(2)8-18-12-5-6-14(19-9-11(3)4)13(7-12)15(16)17/h5-7,10-11H,8-9H2,1-4H3,(H,16,17). The molecule has 4 nitrogen and oxygen atoms in total. The fourth-order valence-electron chi connectivity index (χ4n) is 1.41. The van der Waals surface area contributed by atoms with Crippen molar-refractivity contribution in [2.24, 2.45) is 11.8 Å². The summed E-state index contributed by atoms with van der Waals surface area (Å²) in [5, 5.41) is 9.20. The second-order valence-corrected chi connectivity index (χ2v) is 5.37. The van der Waals surface area contributed by atoms with Gasteiger partial charge in [-0.2, -0.15) is 0 Å². The maximum Gasteiger partial charge on any atom is 0.339 e. The lowest BCUT2D eigenvalue weighted by Crippen LogP contribution is -2.09. The summed E-state index contributed by atoms with van der Waals surface area (Å²) in [6, 6.07) is 4.91. The summed E-state index contributed by atoms with van der Waals surface area (Å²) in [6.45, 7) is 9.16. The van der Waals surface area contributed by atoms with Crippen molar-refractivity contribution in [2.75, 3.05) is 13.2 Å². The molecular weight excluding hydrogens is 244 g/mol. The van der Waals surface area contributed by atoms with Gasteiger partial charge in [0.15, 0.2) is 0 Å². The number of ether oxygens (including phenoxy) is 2. The van der Waals surface area contributed by atoms with E-state index >= 15 is 0 Å². The van der Waals surface area contributed by atoms with Crippen LogP contribution in [-0.4, -0.2) is 24.3 Å². The van der Waals surface area contributed by atoms with E-state index in [-0.39, 0.29) is 5.56 Å². The fourth-order valence-corrected chi connectivity index (χ4v) is 1.41. The predicted octanol–water partition coefficient (Wildman–Crippen LogP) is 3.45. The summed E-state index contributed by atoms with van der Waals surface area (Å²) in [6.07, 6.45) is 0. The van der Waals surface area contributed by atoms with Gasteiger partial charge in [0.25, 0.3) is 0 Å². The van der Waals surface area contributed by atoms with Crippen LogP contribution >= 0.6 is 0 Å². The van der Waals surface area contributed by atoms with Gasteiger partial charge in [-0.3, -0.25) is 0 Å². The molecule has 0 aromatic heterocycles. The first-order chi connectivity index (χ1) is 8.90. The smallest absolute Gasteiger partial charge is 0.339 e. The molecule has 0 saturated heterocycles. The van der Waals surface area contributed by atoms with Crippen LogP contribution in [0.3, 0.4) is 0 Å². The highest BCUT2D eigenvalue weighted by Gasteiger charge is 2.13. The first-order valence-electron chi connectivity index (χ1n) is 6.53. The lowest BCUT2D eigenvalue weighted by Gasteiger charge is -2.13. The Hall–Kier alpha value is -1.71. The Balaban J connectivity index is 2.85. The van der Waals surface area contributed by atoms with Crippen LogP contribution in [0.1, 0.15) is 38.1 Å². The number of carboxylic acid groups (broad SMARTS) is 1. The summed E-state index contributed by atoms with van der Waals surface area (Å²) in [5.74, 6) is 0.679. The zero-order valence-corrected chi connectivity index (χ0v) is 12.0. The SMILES string of the molecule is CC(C)COc1ccc(OCC(C)C)c(C(=O)O)c1. The molecule has 1 N–H and O–H groups in total. The number of carboxylic acids is 1. The molecule has 0 unspecified atom stereocenters. The van der Waals surface area contributed by atoms with Gasteiger partial charge < -0.3 is 14.6 Å². The van der Waals surface area contributed by atoms with Gasteiger partial charge >= 0.3 is 5.97 Å². The largest absolute Gasteiger partial charge is 0.493 e. The van der Waals surface area contributed by atoms with E-state index in [2.05, 4.69) is 0 Å². The predicted molar refractivity (Wildman–Crippen MR) is 74.1 cm³/mol. The molecule has 19 heavy (non-hydrogen) atoms. The molecule has 0 fully saturated rings. The van der Waals surface area contributed by atoms with Gasteiger partial charge in [-0.1, -0.05) is 27.7 Å². The molecular formula is C15H22O4. The highest BCUT2D eigenvalue weighted by atomic mass is 16.5. The molecule has 1 rings (SSSR count). The van der Waals surface area contributed by atoms with Crippen LogP contribution in [0.25, 0.3) is 0 Å². The third-order valence-corrected chi connectivity index (χ3v) is 2.34. The van der Waals surface area contributed by atoms with Crippen LogP contribution in [0.2, 0.25) is 0 Å². The van der Waals surface area contributed by atoms with Crippen molar-refractivity contribution in [1.82, 2.24) is 0 Å². The second kappa shape index (κ2) is 7.02. The molecule has 1 aromatic carbocycles. The molecule has 0 amide bonds. The minimum atomic E-state index is -1.01. The monoisotopic (exact) mass is 266 g/mol. The van der Waals surface area contributed by atoms with Crippen molar-refractivity contribution < 1.29 is 19.4 Å². The van der Waals surface area contributed by atoms with Crippen LogP contribution in [0.15, 0.2) is 18.2 Å². The van der Waals surface area contributed by atoms with E-state index in [1.54, 1.807) is 12.1 Å². The lowest BCUT2D eigenvalue weighted by molar-refractivity contribution is 0.0691. The van der Waals surface area contributed by atoms with E-state index in [0.717, 1.165) is 0 Å². The van der Waals surface area contributed by atoms with Crippen molar-refractivity contribution >= 4 is 5.97 Å². The molecule has 0 aliphatic carbocycles. The Morgan fingerprint density at radius 2 is 1.68 bits per heavy atom. The Labute approximate surface area is 114 Å². The average Bonchev–Trinajstić information content (AvgIpc) is 2.33. The van der Waals surface area contributed by atoms with Crippen molar-refractivity contribution in [2.45, 2.75) is 27.7 Å². The van der Waals surface area contributed by atoms with Gasteiger partial charge in [0.2, 0.25) is 0 Å². The highest BCUT2D eigenvalue weighted by molar-refractivity contribution is 5.91. The molecule has 106 valence electrons. The van der Waals surface area contributed by atoms with Gasteiger partial charge in [-0.05, 0) is 30.0 Å². The molecule has 0 bridgehead atoms. The Kier molecular flexibility index (Phi) is 5.67. The molecule has 4 heteroatoms. The number of aromatic carboxylic acids is 1. The van der Waals surface area contributed by atoms with Gasteiger partial charge in [0, 0.05) is 0 Å².